The molecule has 2 heterocycles. The first-order valence-corrected chi connectivity index (χ1v) is 11.0. The van der Waals surface area contributed by atoms with Crippen LogP contribution in [0.5, 0.6) is 5.75 Å². The summed E-state index contributed by atoms with van der Waals surface area (Å²) < 4.78 is 7.26. The summed E-state index contributed by atoms with van der Waals surface area (Å²) in [7, 11) is 1.66. The lowest BCUT2D eigenvalue weighted by molar-refractivity contribution is -0.134. The lowest BCUT2D eigenvalue weighted by Gasteiger charge is -2.37. The number of piperidine rings is 1. The number of amides is 2. The summed E-state index contributed by atoms with van der Waals surface area (Å²) in [6, 6.07) is 7.83. The number of rotatable bonds is 4. The van der Waals surface area contributed by atoms with Crippen LogP contribution in [0, 0.1) is 11.3 Å². The monoisotopic (exact) mass is 424 g/mol. The van der Waals surface area contributed by atoms with Gasteiger partial charge in [0.25, 0.3) is 0 Å². The fraction of sp³-hybridized carbons (Fsp3) is 0.542. The van der Waals surface area contributed by atoms with Crippen molar-refractivity contribution in [1.82, 2.24) is 20.0 Å². The summed E-state index contributed by atoms with van der Waals surface area (Å²) >= 11 is 0. The molecule has 0 radical (unpaired) electrons. The maximum absolute atomic E-state index is 13.1. The normalized spacial score (nSPS) is 20.8. The zero-order valence-corrected chi connectivity index (χ0v) is 18.9. The Kier molecular flexibility index (Phi) is 5.77. The van der Waals surface area contributed by atoms with E-state index in [9.17, 15) is 9.59 Å². The van der Waals surface area contributed by atoms with Gasteiger partial charge in [-0.15, -0.1) is 0 Å². The number of nitrogens with zero attached hydrogens (tertiary/aromatic N) is 3. The minimum absolute atomic E-state index is 0.0410. The van der Waals surface area contributed by atoms with Gasteiger partial charge in [0.05, 0.1) is 30.7 Å². The lowest BCUT2D eigenvalue weighted by Crippen LogP contribution is -2.44. The Hall–Kier alpha value is -2.83. The SMILES string of the molecule is COc1ccc(-n2ncc3c2CC(C)(C)C[C@H]3NC(=O)C2CCN(C(C)=O)CC2)cc1. The second kappa shape index (κ2) is 8.36. The van der Waals surface area contributed by atoms with Crippen LogP contribution in [-0.2, 0) is 16.0 Å². The number of carbonyl (C=O) groups excluding carboxylic acids is 2. The Bertz CT molecular complexity index is 956. The molecular formula is C24H32N4O3. The van der Waals surface area contributed by atoms with Crippen molar-refractivity contribution in [2.75, 3.05) is 20.2 Å². The van der Waals surface area contributed by atoms with Crippen molar-refractivity contribution >= 4 is 11.8 Å². The summed E-state index contributed by atoms with van der Waals surface area (Å²) in [5.74, 6) is 0.948. The highest BCUT2D eigenvalue weighted by Crippen LogP contribution is 2.41. The van der Waals surface area contributed by atoms with E-state index in [1.165, 1.54) is 0 Å². The second-order valence-electron chi connectivity index (χ2n) is 9.54. The largest absolute Gasteiger partial charge is 0.497 e. The van der Waals surface area contributed by atoms with Gasteiger partial charge in [0.15, 0.2) is 0 Å². The topological polar surface area (TPSA) is 76.5 Å². The number of ether oxygens (including phenoxy) is 1. The number of likely N-dealkylation sites (tertiary alicyclic amines) is 1. The first-order valence-electron chi connectivity index (χ1n) is 11.0. The van der Waals surface area contributed by atoms with Crippen molar-refractivity contribution in [3.63, 3.8) is 0 Å². The van der Waals surface area contributed by atoms with Crippen LogP contribution < -0.4 is 10.1 Å². The first-order chi connectivity index (χ1) is 14.8. The number of aromatic nitrogens is 2. The lowest BCUT2D eigenvalue weighted by atomic mass is 9.74. The van der Waals surface area contributed by atoms with Crippen LogP contribution in [0.2, 0.25) is 0 Å². The standard InChI is InChI=1S/C24H32N4O3/c1-16(29)27-11-9-17(10-12-27)23(30)26-21-13-24(2,3)14-22-20(21)15-25-28(22)18-5-7-19(31-4)8-6-18/h5-8,15,17,21H,9-14H2,1-4H3,(H,26,30)/t21-/m1/s1. The highest BCUT2D eigenvalue weighted by Gasteiger charge is 2.37. The Morgan fingerprint density at radius 1 is 1.16 bits per heavy atom. The van der Waals surface area contributed by atoms with Crippen LogP contribution in [0.3, 0.4) is 0 Å². The molecule has 1 fully saturated rings. The van der Waals surface area contributed by atoms with Crippen LogP contribution in [0.25, 0.3) is 5.69 Å². The smallest absolute Gasteiger partial charge is 0.223 e. The maximum atomic E-state index is 13.1. The zero-order chi connectivity index (χ0) is 22.2. The zero-order valence-electron chi connectivity index (χ0n) is 18.9. The summed E-state index contributed by atoms with van der Waals surface area (Å²) in [4.78, 5) is 26.4. The minimum Gasteiger partial charge on any atom is -0.497 e. The highest BCUT2D eigenvalue weighted by atomic mass is 16.5. The summed E-state index contributed by atoms with van der Waals surface area (Å²) in [6.07, 6.45) is 5.13. The van der Waals surface area contributed by atoms with E-state index >= 15 is 0 Å². The van der Waals surface area contributed by atoms with Gasteiger partial charge >= 0.3 is 0 Å². The third kappa shape index (κ3) is 4.45. The van der Waals surface area contributed by atoms with Gasteiger partial charge in [0.2, 0.25) is 11.8 Å². The van der Waals surface area contributed by atoms with Crippen LogP contribution in [0.1, 0.15) is 57.3 Å². The van der Waals surface area contributed by atoms with Gasteiger partial charge in [-0.05, 0) is 55.4 Å². The molecule has 166 valence electrons. The molecule has 1 aromatic heterocycles. The van der Waals surface area contributed by atoms with Crippen molar-refractivity contribution in [3.8, 4) is 11.4 Å². The molecule has 0 unspecified atom stereocenters. The molecule has 4 rings (SSSR count). The van der Waals surface area contributed by atoms with Crippen LogP contribution >= 0.6 is 0 Å². The Balaban J connectivity index is 1.53. The summed E-state index contributed by atoms with van der Waals surface area (Å²) in [6.45, 7) is 7.39. The van der Waals surface area contributed by atoms with Gasteiger partial charge in [-0.1, -0.05) is 13.8 Å². The molecule has 2 aromatic rings. The first kappa shape index (κ1) is 21.4. The summed E-state index contributed by atoms with van der Waals surface area (Å²) in [5.41, 5.74) is 3.29. The number of hydrogen-bond donors (Lipinski definition) is 1. The highest BCUT2D eigenvalue weighted by molar-refractivity contribution is 5.80. The van der Waals surface area contributed by atoms with E-state index < -0.39 is 0 Å². The quantitative estimate of drug-likeness (QED) is 0.817. The van der Waals surface area contributed by atoms with E-state index in [2.05, 4.69) is 24.3 Å². The van der Waals surface area contributed by atoms with Crippen LogP contribution in [0.15, 0.2) is 30.5 Å². The van der Waals surface area contributed by atoms with E-state index in [0.29, 0.717) is 13.1 Å². The predicted molar refractivity (Wildman–Crippen MR) is 118 cm³/mol. The molecule has 0 spiro atoms. The molecule has 2 aliphatic rings. The number of methoxy groups -OCH3 is 1. The third-order valence-electron chi connectivity index (χ3n) is 6.62. The predicted octanol–water partition coefficient (Wildman–Crippen LogP) is 3.27. The molecule has 7 nitrogen and oxygen atoms in total. The number of fused-ring (bicyclic) bond motifs is 1. The molecule has 2 amide bonds. The molecule has 1 aromatic carbocycles. The molecule has 1 saturated heterocycles. The molecule has 1 N–H and O–H groups in total. The molecule has 0 saturated carbocycles. The summed E-state index contributed by atoms with van der Waals surface area (Å²) in [5, 5.41) is 7.98. The molecular weight excluding hydrogens is 392 g/mol. The molecule has 0 bridgehead atoms. The van der Waals surface area contributed by atoms with Crippen LogP contribution in [-0.4, -0.2) is 46.7 Å². The Labute approximate surface area is 183 Å². The van der Waals surface area contributed by atoms with Crippen LogP contribution in [0.4, 0.5) is 0 Å². The molecule has 31 heavy (non-hydrogen) atoms. The third-order valence-corrected chi connectivity index (χ3v) is 6.62. The van der Waals surface area contributed by atoms with Gasteiger partial charge in [-0.3, -0.25) is 9.59 Å². The van der Waals surface area contributed by atoms with E-state index in [4.69, 9.17) is 4.74 Å². The number of benzene rings is 1. The van der Waals surface area contributed by atoms with Gasteiger partial charge < -0.3 is 15.0 Å². The van der Waals surface area contributed by atoms with Gasteiger partial charge in [0, 0.05) is 31.5 Å². The number of carbonyl (C=O) groups is 2. The van der Waals surface area contributed by atoms with E-state index in [1.54, 1.807) is 14.0 Å². The van der Waals surface area contributed by atoms with Crippen molar-refractivity contribution in [1.29, 1.82) is 0 Å². The van der Waals surface area contributed by atoms with Crippen molar-refractivity contribution in [3.05, 3.63) is 41.7 Å². The fourth-order valence-electron chi connectivity index (χ4n) is 4.86. The average Bonchev–Trinajstić information content (AvgIpc) is 3.16. The molecule has 1 atom stereocenters. The minimum atomic E-state index is -0.0518. The molecule has 7 heteroatoms. The number of nitrogens with one attached hydrogen (secondary N) is 1. The van der Waals surface area contributed by atoms with Gasteiger partial charge in [-0.2, -0.15) is 5.10 Å². The van der Waals surface area contributed by atoms with Crippen molar-refractivity contribution in [2.45, 2.75) is 52.5 Å². The second-order valence-corrected chi connectivity index (χ2v) is 9.54. The Morgan fingerprint density at radius 2 is 1.84 bits per heavy atom. The average molecular weight is 425 g/mol. The Morgan fingerprint density at radius 3 is 2.45 bits per heavy atom. The maximum Gasteiger partial charge on any atom is 0.223 e. The van der Waals surface area contributed by atoms with Gasteiger partial charge in [-0.25, -0.2) is 4.68 Å². The number of hydrogen-bond acceptors (Lipinski definition) is 4. The van der Waals surface area contributed by atoms with E-state index in [0.717, 1.165) is 48.4 Å². The van der Waals surface area contributed by atoms with Crippen molar-refractivity contribution < 1.29 is 14.3 Å². The van der Waals surface area contributed by atoms with Crippen molar-refractivity contribution in [2.24, 2.45) is 11.3 Å². The van der Waals surface area contributed by atoms with E-state index in [-0.39, 0.29) is 29.2 Å². The molecule has 1 aliphatic heterocycles. The molecule has 1 aliphatic carbocycles. The fourth-order valence-corrected chi connectivity index (χ4v) is 4.86. The van der Waals surface area contributed by atoms with Gasteiger partial charge in [0.1, 0.15) is 5.75 Å². The van der Waals surface area contributed by atoms with E-state index in [1.807, 2.05) is 40.0 Å².